The van der Waals surface area contributed by atoms with Gasteiger partial charge in [0.2, 0.25) is 0 Å². The van der Waals surface area contributed by atoms with Crippen molar-refractivity contribution in [2.24, 2.45) is 15.9 Å². The van der Waals surface area contributed by atoms with Crippen LogP contribution in [0.25, 0.3) is 0 Å². The lowest BCUT2D eigenvalue weighted by Crippen LogP contribution is -2.45. The molecule has 1 saturated heterocycles. The summed E-state index contributed by atoms with van der Waals surface area (Å²) in [7, 11) is 2.11. The van der Waals surface area contributed by atoms with Crippen LogP contribution in [0.15, 0.2) is 76.0 Å². The fraction of sp³-hybridized carbons (Fsp3) is 0.543. The normalized spacial score (nSPS) is 30.2. The van der Waals surface area contributed by atoms with Crippen LogP contribution in [-0.4, -0.2) is 81.2 Å². The molecule has 1 aliphatic carbocycles. The van der Waals surface area contributed by atoms with E-state index >= 15 is 0 Å². The zero-order valence-corrected chi connectivity index (χ0v) is 27.7. The van der Waals surface area contributed by atoms with Gasteiger partial charge in [0.15, 0.2) is 0 Å². The Morgan fingerprint density at radius 3 is 2.80 bits per heavy atom. The number of thioether (sulfide) groups is 1. The van der Waals surface area contributed by atoms with Gasteiger partial charge in [0.25, 0.3) is 0 Å². The van der Waals surface area contributed by atoms with Gasteiger partial charge in [-0.05, 0) is 93.2 Å². The molecule has 44 heavy (non-hydrogen) atoms. The summed E-state index contributed by atoms with van der Waals surface area (Å²) in [5.74, 6) is 1.60. The summed E-state index contributed by atoms with van der Waals surface area (Å²) in [6.45, 7) is 9.63. The number of hydrogen-bond donors (Lipinski definition) is 1. The minimum atomic E-state index is -0.844. The summed E-state index contributed by atoms with van der Waals surface area (Å²) < 4.78 is 13.7. The maximum Gasteiger partial charge on any atom is 0.138 e. The second kappa shape index (κ2) is 13.4. The van der Waals surface area contributed by atoms with Crippen LogP contribution in [-0.2, 0) is 0 Å². The number of aliphatic imine (C=N–C) groups is 2. The van der Waals surface area contributed by atoms with Crippen LogP contribution in [0.3, 0.4) is 0 Å². The molecular formula is C35H45ClFN5OS. The Balaban J connectivity index is 1.39. The fourth-order valence-electron chi connectivity index (χ4n) is 7.29. The molecule has 0 aromatic heterocycles. The number of halogens is 2. The molecular weight excluding hydrogens is 593 g/mol. The number of allylic oxidation sites excluding steroid dienone is 1. The Morgan fingerprint density at radius 1 is 1.27 bits per heavy atom. The molecule has 4 unspecified atom stereocenters. The fourth-order valence-corrected chi connectivity index (χ4v) is 8.61. The highest BCUT2D eigenvalue weighted by Crippen LogP contribution is 2.45. The van der Waals surface area contributed by atoms with Crippen molar-refractivity contribution >= 4 is 34.9 Å². The Kier molecular flexibility index (Phi) is 9.60. The number of hydrogen-bond acceptors (Lipinski definition) is 7. The van der Waals surface area contributed by atoms with Gasteiger partial charge in [-0.25, -0.2) is 4.39 Å². The third-order valence-corrected chi connectivity index (χ3v) is 11.2. The standard InChI is InChI=1S/C35H45ClFN5OS/c1-5-41(15-14-24-8-11-27(43)19-24)26-20-31-32(30-13-10-25(38-30)9-7-23(3)37)33(28-12-6-22(2)18-29(28)36)39-34(42(31)21-26)35-40(4)16-17-44-35/h5-6,10,12-13,16-18,23-27,33,35,43H,1,7-9,11,14-15,19-21H2,2-4H3/t23?,24?,25?,26-,27-,33-,35?/m0/s1. The summed E-state index contributed by atoms with van der Waals surface area (Å²) in [6.07, 6.45) is 13.4. The maximum atomic E-state index is 13.7. The first kappa shape index (κ1) is 31.4. The smallest absolute Gasteiger partial charge is 0.138 e. The Morgan fingerprint density at radius 2 is 2.11 bits per heavy atom. The highest BCUT2D eigenvalue weighted by Gasteiger charge is 2.44. The van der Waals surface area contributed by atoms with Gasteiger partial charge in [0, 0.05) is 49.1 Å². The Hall–Kier alpha value is -2.55. The van der Waals surface area contributed by atoms with Crippen LogP contribution in [0.2, 0.25) is 5.02 Å². The molecule has 1 N–H and O–H groups in total. The average molecular weight is 638 g/mol. The molecule has 0 bridgehead atoms. The van der Waals surface area contributed by atoms with Crippen molar-refractivity contribution in [1.29, 1.82) is 0 Å². The molecule has 0 spiro atoms. The van der Waals surface area contributed by atoms with E-state index in [1.54, 1.807) is 18.7 Å². The molecule has 1 saturated carbocycles. The number of likely N-dealkylation sites (N-methyl/N-ethyl adjacent to an activating group) is 1. The van der Waals surface area contributed by atoms with Crippen molar-refractivity contribution < 1.29 is 9.50 Å². The topological polar surface area (TPSA) is 54.7 Å². The minimum Gasteiger partial charge on any atom is -0.393 e. The zero-order valence-electron chi connectivity index (χ0n) is 26.1. The van der Waals surface area contributed by atoms with Crippen LogP contribution < -0.4 is 0 Å². The van der Waals surface area contributed by atoms with Gasteiger partial charge in [-0.15, -0.1) is 0 Å². The first-order valence-electron chi connectivity index (χ1n) is 16.1. The number of fused-ring (bicyclic) bond motifs is 1. The third-order valence-electron chi connectivity index (χ3n) is 9.75. The summed E-state index contributed by atoms with van der Waals surface area (Å²) in [5.41, 5.74) is 5.38. The Labute approximate surface area is 271 Å². The van der Waals surface area contributed by atoms with E-state index in [2.05, 4.69) is 71.1 Å². The van der Waals surface area contributed by atoms with E-state index in [1.165, 1.54) is 5.70 Å². The van der Waals surface area contributed by atoms with Gasteiger partial charge in [0.05, 0.1) is 30.1 Å². The van der Waals surface area contributed by atoms with Crippen LogP contribution in [0, 0.1) is 12.8 Å². The molecule has 1 aromatic carbocycles. The predicted molar refractivity (Wildman–Crippen MR) is 182 cm³/mol. The molecule has 4 heterocycles. The first-order chi connectivity index (χ1) is 21.2. The van der Waals surface area contributed by atoms with E-state index in [4.69, 9.17) is 21.6 Å². The van der Waals surface area contributed by atoms with E-state index in [0.717, 1.165) is 73.4 Å². The molecule has 9 heteroatoms. The van der Waals surface area contributed by atoms with Gasteiger partial charge in [0.1, 0.15) is 17.3 Å². The minimum absolute atomic E-state index is 0.0337. The second-order valence-corrected chi connectivity index (χ2v) is 14.4. The molecule has 6 nitrogen and oxygen atoms in total. The van der Waals surface area contributed by atoms with Gasteiger partial charge in [-0.1, -0.05) is 48.2 Å². The number of aliphatic hydroxyl groups excluding tert-OH is 1. The number of alkyl halides is 1. The van der Waals surface area contributed by atoms with E-state index in [1.807, 2.05) is 12.3 Å². The number of amidine groups is 1. The molecule has 0 radical (unpaired) electrons. The van der Waals surface area contributed by atoms with Crippen LogP contribution in [0.5, 0.6) is 0 Å². The highest BCUT2D eigenvalue weighted by atomic mass is 35.5. The average Bonchev–Trinajstić information content (AvgIpc) is 3.79. The van der Waals surface area contributed by atoms with E-state index in [0.29, 0.717) is 23.8 Å². The van der Waals surface area contributed by atoms with Gasteiger partial charge in [-0.3, -0.25) is 9.98 Å². The molecule has 7 atom stereocenters. The van der Waals surface area contributed by atoms with Crippen molar-refractivity contribution in [3.63, 3.8) is 0 Å². The summed E-state index contributed by atoms with van der Waals surface area (Å²) in [6, 6.07) is 6.15. The number of aryl methyl sites for hydroxylation is 1. The Bertz CT molecular complexity index is 1410. The highest BCUT2D eigenvalue weighted by molar-refractivity contribution is 8.03. The monoisotopic (exact) mass is 637 g/mol. The number of rotatable bonds is 11. The lowest BCUT2D eigenvalue weighted by molar-refractivity contribution is 0.174. The van der Waals surface area contributed by atoms with Crippen LogP contribution >= 0.6 is 23.4 Å². The predicted octanol–water partition coefficient (Wildman–Crippen LogP) is 7.42. The van der Waals surface area contributed by atoms with Crippen LogP contribution in [0.4, 0.5) is 4.39 Å². The molecule has 2 fully saturated rings. The molecule has 4 aliphatic heterocycles. The van der Waals surface area contributed by atoms with Crippen LogP contribution in [0.1, 0.15) is 69.0 Å². The van der Waals surface area contributed by atoms with Crippen molar-refractivity contribution in [3.8, 4) is 0 Å². The largest absolute Gasteiger partial charge is 0.393 e. The molecule has 5 aliphatic rings. The summed E-state index contributed by atoms with van der Waals surface area (Å²) in [4.78, 5) is 17.7. The lowest BCUT2D eigenvalue weighted by Gasteiger charge is -2.37. The van der Waals surface area contributed by atoms with Gasteiger partial charge < -0.3 is 19.8 Å². The van der Waals surface area contributed by atoms with Crippen molar-refractivity contribution in [2.75, 3.05) is 20.1 Å². The van der Waals surface area contributed by atoms with E-state index in [9.17, 15) is 9.50 Å². The molecule has 236 valence electrons. The zero-order chi connectivity index (χ0) is 31.0. The number of benzene rings is 1. The molecule has 0 amide bonds. The third kappa shape index (κ3) is 6.54. The number of aliphatic hydroxyl groups is 1. The van der Waals surface area contributed by atoms with Crippen molar-refractivity contribution in [1.82, 2.24) is 14.7 Å². The van der Waals surface area contributed by atoms with E-state index in [-0.39, 0.29) is 29.6 Å². The van der Waals surface area contributed by atoms with Gasteiger partial charge >= 0.3 is 0 Å². The SMILES string of the molecule is C=CN(CCC1CC[C@H](O)C1)[C@H]1CC2=C(C3=NC(CCC(C)F)C=C3)[C@H](c3ccc(C)cc3Cl)N=C(C3SC=CN3C)N2C1. The summed E-state index contributed by atoms with van der Waals surface area (Å²) >= 11 is 8.75. The number of nitrogens with zero attached hydrogens (tertiary/aromatic N) is 5. The molecule has 1 aromatic rings. The lowest BCUT2D eigenvalue weighted by atomic mass is 9.90. The summed E-state index contributed by atoms with van der Waals surface area (Å²) in [5, 5.41) is 13.0. The quantitative estimate of drug-likeness (QED) is 0.274. The maximum absolute atomic E-state index is 13.7. The van der Waals surface area contributed by atoms with E-state index < -0.39 is 6.17 Å². The van der Waals surface area contributed by atoms with Crippen molar-refractivity contribution in [2.45, 2.75) is 94.6 Å². The second-order valence-electron chi connectivity index (χ2n) is 13.0. The van der Waals surface area contributed by atoms with Crippen molar-refractivity contribution in [3.05, 3.63) is 82.2 Å². The first-order valence-corrected chi connectivity index (χ1v) is 17.4. The van der Waals surface area contributed by atoms with Gasteiger partial charge in [-0.2, -0.15) is 0 Å². The molecule has 6 rings (SSSR count).